The van der Waals surface area contributed by atoms with Gasteiger partial charge in [0.2, 0.25) is 5.78 Å². The van der Waals surface area contributed by atoms with Crippen LogP contribution in [0.3, 0.4) is 0 Å². The number of ketones is 1. The predicted octanol–water partition coefficient (Wildman–Crippen LogP) is 1.12. The summed E-state index contributed by atoms with van der Waals surface area (Å²) in [7, 11) is 1.91. The zero-order chi connectivity index (χ0) is 10.9. The van der Waals surface area contributed by atoms with Crippen molar-refractivity contribution in [2.75, 3.05) is 13.6 Å². The average Bonchev–Trinajstić information content (AvgIpc) is 2.10. The Morgan fingerprint density at radius 2 is 2.07 bits per heavy atom. The standard InChI is InChI=1S/C11H19NO2/c1-8-6-12(4)9(10(14)7-13)5-11(8,2)3/h7-9H,5-6H2,1-4H3. The SMILES string of the molecule is CC1CN(C)C(C(=O)C=O)CC1(C)C. The second-order valence-corrected chi connectivity index (χ2v) is 5.07. The number of likely N-dealkylation sites (tertiary alicyclic amines) is 1. The lowest BCUT2D eigenvalue weighted by Crippen LogP contribution is -2.51. The molecule has 1 saturated heterocycles. The molecule has 0 aromatic rings. The van der Waals surface area contributed by atoms with E-state index in [0.717, 1.165) is 13.0 Å². The summed E-state index contributed by atoms with van der Waals surface area (Å²) in [5.74, 6) is 0.274. The van der Waals surface area contributed by atoms with E-state index in [1.165, 1.54) is 0 Å². The maximum absolute atomic E-state index is 11.4. The van der Waals surface area contributed by atoms with Crippen LogP contribution in [0.4, 0.5) is 0 Å². The van der Waals surface area contributed by atoms with E-state index in [2.05, 4.69) is 20.8 Å². The molecule has 80 valence electrons. The third-order valence-electron chi connectivity index (χ3n) is 3.59. The molecule has 3 nitrogen and oxygen atoms in total. The van der Waals surface area contributed by atoms with E-state index in [1.54, 1.807) is 0 Å². The van der Waals surface area contributed by atoms with E-state index < -0.39 is 0 Å². The maximum atomic E-state index is 11.4. The van der Waals surface area contributed by atoms with Crippen molar-refractivity contribution in [3.63, 3.8) is 0 Å². The fraction of sp³-hybridized carbons (Fsp3) is 0.818. The van der Waals surface area contributed by atoms with Crippen molar-refractivity contribution in [1.29, 1.82) is 0 Å². The lowest BCUT2D eigenvalue weighted by atomic mass is 9.71. The molecule has 1 rings (SSSR count). The third-order valence-corrected chi connectivity index (χ3v) is 3.59. The van der Waals surface area contributed by atoms with E-state index in [1.807, 2.05) is 11.9 Å². The number of Topliss-reactive ketones (excluding diaryl/α,β-unsaturated/α-hetero) is 1. The van der Waals surface area contributed by atoms with Gasteiger partial charge in [0.15, 0.2) is 6.29 Å². The number of carbonyl (C=O) groups is 2. The van der Waals surface area contributed by atoms with Crippen LogP contribution in [-0.2, 0) is 9.59 Å². The number of carbonyl (C=O) groups excluding carboxylic acids is 2. The molecule has 3 heteroatoms. The molecule has 2 unspecified atom stereocenters. The first-order chi connectivity index (χ1) is 6.38. The van der Waals surface area contributed by atoms with Crippen LogP contribution in [0.5, 0.6) is 0 Å². The van der Waals surface area contributed by atoms with Gasteiger partial charge in [0, 0.05) is 6.54 Å². The first-order valence-electron chi connectivity index (χ1n) is 5.07. The smallest absolute Gasteiger partial charge is 0.212 e. The molecule has 14 heavy (non-hydrogen) atoms. The van der Waals surface area contributed by atoms with Gasteiger partial charge in [0.05, 0.1) is 6.04 Å². The van der Waals surface area contributed by atoms with Crippen LogP contribution in [0, 0.1) is 11.3 Å². The molecular weight excluding hydrogens is 178 g/mol. The number of hydrogen-bond donors (Lipinski definition) is 0. The third kappa shape index (κ3) is 2.03. The van der Waals surface area contributed by atoms with Crippen LogP contribution in [0.2, 0.25) is 0 Å². The van der Waals surface area contributed by atoms with Crippen LogP contribution in [0.1, 0.15) is 27.2 Å². The van der Waals surface area contributed by atoms with Crippen molar-refractivity contribution in [2.24, 2.45) is 11.3 Å². The van der Waals surface area contributed by atoms with Crippen molar-refractivity contribution in [2.45, 2.75) is 33.2 Å². The Bertz CT molecular complexity index is 248. The van der Waals surface area contributed by atoms with Crippen molar-refractivity contribution in [1.82, 2.24) is 4.90 Å². The first-order valence-corrected chi connectivity index (χ1v) is 5.07. The van der Waals surface area contributed by atoms with Gasteiger partial charge in [-0.2, -0.15) is 0 Å². The van der Waals surface area contributed by atoms with Crippen LogP contribution in [0.25, 0.3) is 0 Å². The Morgan fingerprint density at radius 3 is 2.57 bits per heavy atom. The highest BCUT2D eigenvalue weighted by molar-refractivity contribution is 6.27. The second-order valence-electron chi connectivity index (χ2n) is 5.07. The summed E-state index contributed by atoms with van der Waals surface area (Å²) in [6.45, 7) is 7.40. The largest absolute Gasteiger partial charge is 0.296 e. The Kier molecular flexibility index (Phi) is 3.10. The van der Waals surface area contributed by atoms with E-state index in [-0.39, 0.29) is 17.2 Å². The Hall–Kier alpha value is -0.700. The molecule has 2 atom stereocenters. The van der Waals surface area contributed by atoms with Gasteiger partial charge in [-0.1, -0.05) is 20.8 Å². The lowest BCUT2D eigenvalue weighted by Gasteiger charge is -2.45. The average molecular weight is 197 g/mol. The van der Waals surface area contributed by atoms with Gasteiger partial charge in [0.25, 0.3) is 0 Å². The van der Waals surface area contributed by atoms with Gasteiger partial charge >= 0.3 is 0 Å². The molecule has 1 fully saturated rings. The van der Waals surface area contributed by atoms with E-state index >= 15 is 0 Å². The molecule has 0 saturated carbocycles. The zero-order valence-electron chi connectivity index (χ0n) is 9.41. The van der Waals surface area contributed by atoms with E-state index in [4.69, 9.17) is 0 Å². The minimum atomic E-state index is -0.285. The van der Waals surface area contributed by atoms with Crippen molar-refractivity contribution in [3.8, 4) is 0 Å². The summed E-state index contributed by atoms with van der Waals surface area (Å²) in [4.78, 5) is 23.8. The summed E-state index contributed by atoms with van der Waals surface area (Å²) >= 11 is 0. The number of piperidine rings is 1. The summed E-state index contributed by atoms with van der Waals surface area (Å²) in [6, 6.07) is -0.210. The minimum Gasteiger partial charge on any atom is -0.296 e. The summed E-state index contributed by atoms with van der Waals surface area (Å²) in [6.07, 6.45) is 1.23. The molecule has 0 aromatic carbocycles. The van der Waals surface area contributed by atoms with Crippen molar-refractivity contribution in [3.05, 3.63) is 0 Å². The molecule has 0 aliphatic carbocycles. The highest BCUT2D eigenvalue weighted by atomic mass is 16.2. The first kappa shape index (κ1) is 11.4. The number of aldehydes is 1. The molecule has 0 bridgehead atoms. The zero-order valence-corrected chi connectivity index (χ0v) is 9.41. The van der Waals surface area contributed by atoms with Gasteiger partial charge in [-0.15, -0.1) is 0 Å². The second kappa shape index (κ2) is 3.81. The normalized spacial score (nSPS) is 32.6. The van der Waals surface area contributed by atoms with Crippen LogP contribution in [-0.4, -0.2) is 36.6 Å². The molecular formula is C11H19NO2. The monoisotopic (exact) mass is 197 g/mol. The van der Waals surface area contributed by atoms with Crippen LogP contribution < -0.4 is 0 Å². The molecule has 0 amide bonds. The van der Waals surface area contributed by atoms with E-state index in [0.29, 0.717) is 12.2 Å². The van der Waals surface area contributed by atoms with Gasteiger partial charge in [-0.25, -0.2) is 0 Å². The molecule has 0 radical (unpaired) electrons. The molecule has 0 N–H and O–H groups in total. The quantitative estimate of drug-likeness (QED) is 0.492. The Balaban J connectivity index is 2.79. The molecule has 1 aliphatic rings. The molecule has 1 heterocycles. The number of nitrogens with zero attached hydrogens (tertiary/aromatic N) is 1. The summed E-state index contributed by atoms with van der Waals surface area (Å²) < 4.78 is 0. The van der Waals surface area contributed by atoms with Crippen LogP contribution >= 0.6 is 0 Å². The van der Waals surface area contributed by atoms with E-state index in [9.17, 15) is 9.59 Å². The Morgan fingerprint density at radius 1 is 1.50 bits per heavy atom. The van der Waals surface area contributed by atoms with Gasteiger partial charge in [-0.3, -0.25) is 14.5 Å². The predicted molar refractivity (Wildman–Crippen MR) is 55.1 cm³/mol. The van der Waals surface area contributed by atoms with Gasteiger partial charge in [-0.05, 0) is 24.8 Å². The van der Waals surface area contributed by atoms with Crippen molar-refractivity contribution >= 4 is 12.1 Å². The maximum Gasteiger partial charge on any atom is 0.212 e. The summed E-state index contributed by atoms with van der Waals surface area (Å²) in [5.41, 5.74) is 0.149. The fourth-order valence-corrected chi connectivity index (χ4v) is 2.06. The Labute approximate surface area is 85.5 Å². The van der Waals surface area contributed by atoms with Gasteiger partial charge < -0.3 is 0 Å². The highest BCUT2D eigenvalue weighted by Crippen LogP contribution is 2.37. The number of hydrogen-bond acceptors (Lipinski definition) is 3. The molecule has 1 aliphatic heterocycles. The number of likely N-dealkylation sites (N-methyl/N-ethyl adjacent to an activating group) is 1. The number of rotatable bonds is 2. The van der Waals surface area contributed by atoms with Crippen molar-refractivity contribution < 1.29 is 9.59 Å². The van der Waals surface area contributed by atoms with Gasteiger partial charge in [0.1, 0.15) is 0 Å². The molecule has 0 aromatic heterocycles. The fourth-order valence-electron chi connectivity index (χ4n) is 2.06. The van der Waals surface area contributed by atoms with Crippen LogP contribution in [0.15, 0.2) is 0 Å². The topological polar surface area (TPSA) is 37.4 Å². The minimum absolute atomic E-state index is 0.149. The lowest BCUT2D eigenvalue weighted by molar-refractivity contribution is -0.136. The molecule has 0 spiro atoms. The summed E-state index contributed by atoms with van der Waals surface area (Å²) in [5, 5.41) is 0. The highest BCUT2D eigenvalue weighted by Gasteiger charge is 2.39.